The molecule has 1 spiro atoms. The molecule has 4 rings (SSSR count). The molecular weight excluding hydrogens is 394 g/mol. The minimum atomic E-state index is -0.863. The second-order valence-electron chi connectivity index (χ2n) is 9.14. The zero-order valence-electron chi connectivity index (χ0n) is 18.3. The third-order valence-corrected chi connectivity index (χ3v) is 6.62. The van der Waals surface area contributed by atoms with E-state index in [1.165, 1.54) is 10.9 Å². The minimum absolute atomic E-state index is 0.271. The molecule has 0 bridgehead atoms. The Morgan fingerprint density at radius 3 is 2.58 bits per heavy atom. The van der Waals surface area contributed by atoms with Crippen LogP contribution in [-0.2, 0) is 16.1 Å². The van der Waals surface area contributed by atoms with Gasteiger partial charge in [0.05, 0.1) is 0 Å². The molecule has 4 amide bonds. The lowest BCUT2D eigenvalue weighted by molar-refractivity contribution is -0.137. The van der Waals surface area contributed by atoms with Crippen molar-refractivity contribution < 1.29 is 14.4 Å². The van der Waals surface area contributed by atoms with E-state index in [9.17, 15) is 14.4 Å². The van der Waals surface area contributed by atoms with Gasteiger partial charge in [-0.3, -0.25) is 19.4 Å². The van der Waals surface area contributed by atoms with Crippen LogP contribution in [0.25, 0.3) is 10.9 Å². The number of para-hydroxylation sites is 1. The zero-order chi connectivity index (χ0) is 22.2. The molecule has 0 aliphatic carbocycles. The van der Waals surface area contributed by atoms with Crippen LogP contribution in [0.1, 0.15) is 38.7 Å². The Bertz CT molecular complexity index is 990. The number of carbonyl (C=O) groups excluding carboxylic acids is 3. The number of benzene rings is 1. The van der Waals surface area contributed by atoms with Crippen molar-refractivity contribution in [2.45, 2.75) is 45.2 Å². The molecule has 166 valence electrons. The Hall–Kier alpha value is -2.87. The molecule has 8 heteroatoms. The summed E-state index contributed by atoms with van der Waals surface area (Å²) in [6.07, 6.45) is 3.98. The average molecular weight is 426 g/mol. The number of nitrogens with zero attached hydrogens (tertiary/aromatic N) is 3. The van der Waals surface area contributed by atoms with Crippen LogP contribution < -0.4 is 5.73 Å². The lowest BCUT2D eigenvalue weighted by atomic mass is 9.85. The minimum Gasteiger partial charge on any atom is -0.368 e. The number of H-pyrrole nitrogens is 1. The number of aromatic nitrogens is 1. The van der Waals surface area contributed by atoms with Crippen LogP contribution >= 0.6 is 0 Å². The number of piperidine rings is 1. The second kappa shape index (κ2) is 8.34. The quantitative estimate of drug-likeness (QED) is 0.665. The highest BCUT2D eigenvalue weighted by Gasteiger charge is 2.57. The molecule has 0 radical (unpaired) electrons. The van der Waals surface area contributed by atoms with Crippen molar-refractivity contribution in [3.8, 4) is 0 Å². The third-order valence-electron chi connectivity index (χ3n) is 6.62. The number of nitrogens with two attached hydrogens (primary N) is 1. The molecule has 2 aliphatic heterocycles. The highest BCUT2D eigenvalue weighted by atomic mass is 16.2. The maximum absolute atomic E-state index is 13.3. The molecule has 8 nitrogen and oxygen atoms in total. The molecule has 1 aromatic heterocycles. The fraction of sp³-hybridized carbons (Fsp3) is 0.522. The maximum atomic E-state index is 13.3. The molecule has 3 N–H and O–H groups in total. The van der Waals surface area contributed by atoms with Crippen LogP contribution in [0, 0.1) is 5.92 Å². The molecule has 2 fully saturated rings. The molecule has 0 saturated carbocycles. The highest BCUT2D eigenvalue weighted by molar-refractivity contribution is 6.09. The van der Waals surface area contributed by atoms with E-state index in [0.29, 0.717) is 38.4 Å². The summed E-state index contributed by atoms with van der Waals surface area (Å²) in [6, 6.07) is 7.84. The van der Waals surface area contributed by atoms with Crippen molar-refractivity contribution in [1.29, 1.82) is 0 Å². The highest BCUT2D eigenvalue weighted by Crippen LogP contribution is 2.38. The van der Waals surface area contributed by atoms with E-state index in [0.717, 1.165) is 23.4 Å². The summed E-state index contributed by atoms with van der Waals surface area (Å²) in [5, 5.41) is 1.21. The number of fused-ring (bicyclic) bond motifs is 1. The number of hydrogen-bond acceptors (Lipinski definition) is 4. The predicted molar refractivity (Wildman–Crippen MR) is 118 cm³/mol. The SMILES string of the molecule is CC(C)CCN1C(=O)N(CC(N)=O)C(=O)C12CCN(Cc1c[nH]c3ccccc13)CC2. The summed E-state index contributed by atoms with van der Waals surface area (Å²) in [6.45, 7) is 6.57. The molecule has 2 saturated heterocycles. The Labute approximate surface area is 182 Å². The van der Waals surface area contributed by atoms with Crippen LogP contribution in [0.5, 0.6) is 0 Å². The molecule has 0 unspecified atom stereocenters. The van der Waals surface area contributed by atoms with Gasteiger partial charge in [-0.25, -0.2) is 4.79 Å². The van der Waals surface area contributed by atoms with Gasteiger partial charge in [0.15, 0.2) is 0 Å². The third kappa shape index (κ3) is 3.92. The first-order valence-corrected chi connectivity index (χ1v) is 11.0. The van der Waals surface area contributed by atoms with E-state index in [1.807, 2.05) is 18.3 Å². The van der Waals surface area contributed by atoms with Crippen molar-refractivity contribution in [3.63, 3.8) is 0 Å². The van der Waals surface area contributed by atoms with Crippen molar-refractivity contribution in [1.82, 2.24) is 19.7 Å². The molecule has 1 aromatic carbocycles. The first kappa shape index (κ1) is 21.4. The largest absolute Gasteiger partial charge is 0.368 e. The number of urea groups is 1. The number of amides is 4. The van der Waals surface area contributed by atoms with Gasteiger partial charge < -0.3 is 15.6 Å². The van der Waals surface area contributed by atoms with Crippen LogP contribution in [-0.4, -0.2) is 69.2 Å². The normalized spacial score (nSPS) is 19.3. The number of imide groups is 1. The summed E-state index contributed by atoms with van der Waals surface area (Å²) < 4.78 is 0. The first-order valence-electron chi connectivity index (χ1n) is 11.0. The Morgan fingerprint density at radius 1 is 1.19 bits per heavy atom. The number of hydrogen-bond donors (Lipinski definition) is 2. The molecular formula is C23H31N5O3. The average Bonchev–Trinajstić information content (AvgIpc) is 3.22. The summed E-state index contributed by atoms with van der Waals surface area (Å²) in [4.78, 5) is 46.2. The van der Waals surface area contributed by atoms with Gasteiger partial charge in [-0.1, -0.05) is 32.0 Å². The fourth-order valence-corrected chi connectivity index (χ4v) is 4.84. The fourth-order valence-electron chi connectivity index (χ4n) is 4.84. The van der Waals surface area contributed by atoms with Gasteiger partial charge in [0.1, 0.15) is 12.1 Å². The molecule has 2 aromatic rings. The van der Waals surface area contributed by atoms with E-state index in [-0.39, 0.29) is 18.5 Å². The lowest BCUT2D eigenvalue weighted by Crippen LogP contribution is -2.56. The van der Waals surface area contributed by atoms with Gasteiger partial charge in [-0.2, -0.15) is 0 Å². The van der Waals surface area contributed by atoms with Crippen molar-refractivity contribution >= 4 is 28.7 Å². The predicted octanol–water partition coefficient (Wildman–Crippen LogP) is 2.30. The van der Waals surface area contributed by atoms with Gasteiger partial charge in [-0.15, -0.1) is 0 Å². The van der Waals surface area contributed by atoms with Crippen LogP contribution in [0.3, 0.4) is 0 Å². The van der Waals surface area contributed by atoms with Crippen molar-refractivity contribution in [2.75, 3.05) is 26.2 Å². The summed E-state index contributed by atoms with van der Waals surface area (Å²) in [5.74, 6) is -0.529. The number of nitrogens with one attached hydrogen (secondary N) is 1. The summed E-state index contributed by atoms with van der Waals surface area (Å²) in [7, 11) is 0. The first-order chi connectivity index (χ1) is 14.8. The molecule has 0 atom stereocenters. The Kier molecular flexibility index (Phi) is 5.75. The lowest BCUT2D eigenvalue weighted by Gasteiger charge is -2.42. The van der Waals surface area contributed by atoms with Gasteiger partial charge in [-0.05, 0) is 36.8 Å². The van der Waals surface area contributed by atoms with E-state index >= 15 is 0 Å². The van der Waals surface area contributed by atoms with Crippen LogP contribution in [0.2, 0.25) is 0 Å². The van der Waals surface area contributed by atoms with E-state index in [2.05, 4.69) is 35.9 Å². The maximum Gasteiger partial charge on any atom is 0.328 e. The van der Waals surface area contributed by atoms with E-state index < -0.39 is 11.4 Å². The van der Waals surface area contributed by atoms with Crippen molar-refractivity contribution in [3.05, 3.63) is 36.0 Å². The van der Waals surface area contributed by atoms with Gasteiger partial charge in [0, 0.05) is 43.3 Å². The number of rotatable bonds is 7. The molecule has 2 aliphatic rings. The van der Waals surface area contributed by atoms with Gasteiger partial charge in [0.25, 0.3) is 5.91 Å². The summed E-state index contributed by atoms with van der Waals surface area (Å²) in [5.41, 5.74) is 6.79. The second-order valence-corrected chi connectivity index (χ2v) is 9.14. The zero-order valence-corrected chi connectivity index (χ0v) is 18.3. The van der Waals surface area contributed by atoms with Gasteiger partial charge >= 0.3 is 6.03 Å². The number of primary amides is 1. The number of aromatic amines is 1. The Morgan fingerprint density at radius 2 is 1.90 bits per heavy atom. The summed E-state index contributed by atoms with van der Waals surface area (Å²) >= 11 is 0. The van der Waals surface area contributed by atoms with Gasteiger partial charge in [0.2, 0.25) is 5.91 Å². The topological polar surface area (TPSA) is 103 Å². The molecule has 3 heterocycles. The van der Waals surface area contributed by atoms with E-state index in [4.69, 9.17) is 5.73 Å². The standard InChI is InChI=1S/C23H31N5O3/c1-16(2)7-10-28-22(31)27(15-20(24)29)21(30)23(28)8-11-26(12-9-23)14-17-13-25-19-6-4-3-5-18(17)19/h3-6,13,16,25H,7-12,14-15H2,1-2H3,(H2,24,29). The Balaban J connectivity index is 1.51. The van der Waals surface area contributed by atoms with Crippen molar-refractivity contribution in [2.24, 2.45) is 11.7 Å². The monoisotopic (exact) mass is 425 g/mol. The van der Waals surface area contributed by atoms with E-state index in [1.54, 1.807) is 4.90 Å². The van der Waals surface area contributed by atoms with Crippen LogP contribution in [0.15, 0.2) is 30.5 Å². The number of likely N-dealkylation sites (tertiary alicyclic amines) is 1. The van der Waals surface area contributed by atoms with Crippen LogP contribution in [0.4, 0.5) is 4.79 Å². The number of carbonyl (C=O) groups is 3. The smallest absolute Gasteiger partial charge is 0.328 e. The molecule has 31 heavy (non-hydrogen) atoms.